The molecule has 0 radical (unpaired) electrons. The molecule has 0 saturated heterocycles. The molecule has 21 heavy (non-hydrogen) atoms. The Bertz CT molecular complexity index is 669. The second-order valence-electron chi connectivity index (χ2n) is 4.70. The van der Waals surface area contributed by atoms with Crippen molar-refractivity contribution in [1.29, 1.82) is 0 Å². The predicted molar refractivity (Wildman–Crippen MR) is 80.0 cm³/mol. The summed E-state index contributed by atoms with van der Waals surface area (Å²) in [7, 11) is 1.59. The lowest BCUT2D eigenvalue weighted by Crippen LogP contribution is -2.23. The Labute approximate surface area is 123 Å². The van der Waals surface area contributed by atoms with Crippen molar-refractivity contribution in [2.24, 2.45) is 0 Å². The van der Waals surface area contributed by atoms with E-state index in [1.807, 2.05) is 30.3 Å². The minimum absolute atomic E-state index is 0.427. The molecule has 2 aromatic rings. The molecule has 0 saturated carbocycles. The molecule has 5 nitrogen and oxygen atoms in total. The lowest BCUT2D eigenvalue weighted by Gasteiger charge is -2.21. The van der Waals surface area contributed by atoms with E-state index in [4.69, 9.17) is 9.47 Å². The maximum Gasteiger partial charge on any atom is 0.240 e. The highest BCUT2D eigenvalue weighted by Gasteiger charge is 2.21. The molecule has 0 unspecified atom stereocenters. The van der Waals surface area contributed by atoms with Crippen LogP contribution in [0.2, 0.25) is 0 Å². The molecule has 108 valence electrons. The third kappa shape index (κ3) is 2.63. The van der Waals surface area contributed by atoms with Gasteiger partial charge in [0.15, 0.2) is 11.5 Å². The first kappa shape index (κ1) is 13.3. The van der Waals surface area contributed by atoms with Crippen LogP contribution < -0.4 is 14.8 Å². The lowest BCUT2D eigenvalue weighted by atomic mass is 10.1. The first-order valence-electron chi connectivity index (χ1n) is 6.69. The first-order chi connectivity index (χ1) is 10.3. The van der Waals surface area contributed by atoms with E-state index in [0.29, 0.717) is 30.3 Å². The Morgan fingerprint density at radius 1 is 1.19 bits per heavy atom. The van der Waals surface area contributed by atoms with Crippen molar-refractivity contribution in [3.05, 3.63) is 58.8 Å². The SMILES string of the molecule is COc1ccc2c(c1OCc1ccccc1)CNC=[N+]2[O-]. The quantitative estimate of drug-likeness (QED) is 0.692. The summed E-state index contributed by atoms with van der Waals surface area (Å²) >= 11 is 0. The van der Waals surface area contributed by atoms with E-state index in [-0.39, 0.29) is 0 Å². The fourth-order valence-electron chi connectivity index (χ4n) is 2.32. The van der Waals surface area contributed by atoms with E-state index in [2.05, 4.69) is 5.32 Å². The third-order valence-corrected chi connectivity index (χ3v) is 3.37. The number of fused-ring (bicyclic) bond motifs is 1. The van der Waals surface area contributed by atoms with Gasteiger partial charge in [0, 0.05) is 0 Å². The molecule has 1 N–H and O–H groups in total. The van der Waals surface area contributed by atoms with Gasteiger partial charge in [-0.15, -0.1) is 0 Å². The lowest BCUT2D eigenvalue weighted by molar-refractivity contribution is -0.360. The zero-order valence-corrected chi connectivity index (χ0v) is 11.7. The molecule has 0 spiro atoms. The number of nitrogens with zero attached hydrogens (tertiary/aromatic N) is 1. The number of methoxy groups -OCH3 is 1. The minimum atomic E-state index is 0.427. The van der Waals surface area contributed by atoms with Gasteiger partial charge in [-0.2, -0.15) is 0 Å². The Morgan fingerprint density at radius 2 is 2.00 bits per heavy atom. The van der Waals surface area contributed by atoms with Gasteiger partial charge in [0.1, 0.15) is 18.8 Å². The Kier molecular flexibility index (Phi) is 3.64. The van der Waals surface area contributed by atoms with Crippen molar-refractivity contribution in [1.82, 2.24) is 5.32 Å². The molecule has 3 rings (SSSR count). The summed E-state index contributed by atoms with van der Waals surface area (Å²) in [4.78, 5) is 0. The first-order valence-corrected chi connectivity index (χ1v) is 6.69. The normalized spacial score (nSPS) is 12.9. The van der Waals surface area contributed by atoms with Gasteiger partial charge in [-0.25, -0.2) is 4.74 Å². The van der Waals surface area contributed by atoms with Crippen LogP contribution in [0.1, 0.15) is 11.1 Å². The molecule has 0 bridgehead atoms. The van der Waals surface area contributed by atoms with Crippen LogP contribution in [0.15, 0.2) is 42.5 Å². The number of hydrogen-bond acceptors (Lipinski definition) is 4. The van der Waals surface area contributed by atoms with Crippen LogP contribution in [0.5, 0.6) is 11.5 Å². The van der Waals surface area contributed by atoms with E-state index in [9.17, 15) is 5.21 Å². The molecule has 0 atom stereocenters. The van der Waals surface area contributed by atoms with Crippen molar-refractivity contribution in [2.75, 3.05) is 7.11 Å². The van der Waals surface area contributed by atoms with Gasteiger partial charge in [-0.05, 0) is 17.7 Å². The summed E-state index contributed by atoms with van der Waals surface area (Å²) in [6, 6.07) is 13.4. The zero-order chi connectivity index (χ0) is 14.7. The van der Waals surface area contributed by atoms with E-state index >= 15 is 0 Å². The van der Waals surface area contributed by atoms with Gasteiger partial charge >= 0.3 is 0 Å². The van der Waals surface area contributed by atoms with Crippen molar-refractivity contribution in [3.8, 4) is 11.5 Å². The van der Waals surface area contributed by atoms with Crippen LogP contribution in [0.3, 0.4) is 0 Å². The summed E-state index contributed by atoms with van der Waals surface area (Å²) in [5.41, 5.74) is 2.45. The second-order valence-corrected chi connectivity index (χ2v) is 4.70. The molecule has 0 aromatic heterocycles. The smallest absolute Gasteiger partial charge is 0.240 e. The van der Waals surface area contributed by atoms with Crippen LogP contribution in [-0.2, 0) is 13.2 Å². The zero-order valence-electron chi connectivity index (χ0n) is 11.7. The number of rotatable bonds is 4. The molecule has 1 aliphatic heterocycles. The monoisotopic (exact) mass is 284 g/mol. The standard InChI is InChI=1S/C16H16N2O3/c1-20-15-8-7-14-13(9-17-11-18(14)19)16(15)21-10-12-5-3-2-4-6-12/h2-8,11,17H,9-10H2,1H3. The van der Waals surface area contributed by atoms with Crippen LogP contribution >= 0.6 is 0 Å². The van der Waals surface area contributed by atoms with E-state index < -0.39 is 0 Å². The Morgan fingerprint density at radius 3 is 2.76 bits per heavy atom. The fraction of sp³-hybridized carbons (Fsp3) is 0.188. The predicted octanol–water partition coefficient (Wildman–Crippen LogP) is 2.55. The number of nitrogens with one attached hydrogen (secondary N) is 1. The average molecular weight is 284 g/mol. The highest BCUT2D eigenvalue weighted by molar-refractivity contribution is 5.63. The molecule has 1 aliphatic rings. The average Bonchev–Trinajstić information content (AvgIpc) is 2.54. The van der Waals surface area contributed by atoms with Crippen LogP contribution in [-0.4, -0.2) is 18.2 Å². The molecule has 0 aliphatic carbocycles. The molecule has 0 fully saturated rings. The number of benzene rings is 2. The van der Waals surface area contributed by atoms with Gasteiger partial charge in [0.2, 0.25) is 6.34 Å². The molecule has 0 amide bonds. The highest BCUT2D eigenvalue weighted by atomic mass is 16.5. The van der Waals surface area contributed by atoms with Gasteiger partial charge in [-0.1, -0.05) is 30.3 Å². The summed E-state index contributed by atoms with van der Waals surface area (Å²) in [5, 5.41) is 14.7. The summed E-state index contributed by atoms with van der Waals surface area (Å²) < 4.78 is 12.1. The van der Waals surface area contributed by atoms with Gasteiger partial charge in [-0.3, -0.25) is 5.32 Å². The molecular formula is C16H16N2O3. The van der Waals surface area contributed by atoms with Gasteiger partial charge in [0.05, 0.1) is 12.7 Å². The Hall–Kier alpha value is -2.69. The van der Waals surface area contributed by atoms with Gasteiger partial charge < -0.3 is 14.7 Å². The highest BCUT2D eigenvalue weighted by Crippen LogP contribution is 2.38. The largest absolute Gasteiger partial charge is 0.711 e. The van der Waals surface area contributed by atoms with Gasteiger partial charge in [0.25, 0.3) is 0 Å². The minimum Gasteiger partial charge on any atom is -0.711 e. The van der Waals surface area contributed by atoms with Crippen molar-refractivity contribution >= 4 is 12.0 Å². The van der Waals surface area contributed by atoms with Crippen molar-refractivity contribution < 1.29 is 14.2 Å². The van der Waals surface area contributed by atoms with Crippen LogP contribution in [0.25, 0.3) is 0 Å². The second kappa shape index (κ2) is 5.75. The van der Waals surface area contributed by atoms with Crippen LogP contribution in [0.4, 0.5) is 5.69 Å². The van der Waals surface area contributed by atoms with E-state index in [1.54, 1.807) is 19.2 Å². The molecular weight excluding hydrogens is 268 g/mol. The Balaban J connectivity index is 1.93. The fourth-order valence-corrected chi connectivity index (χ4v) is 2.32. The summed E-state index contributed by atoms with van der Waals surface area (Å²) in [6.45, 7) is 0.964. The third-order valence-electron chi connectivity index (χ3n) is 3.37. The van der Waals surface area contributed by atoms with E-state index in [0.717, 1.165) is 15.9 Å². The maximum atomic E-state index is 11.8. The maximum absolute atomic E-state index is 11.8. The molecule has 2 aromatic carbocycles. The van der Waals surface area contributed by atoms with Crippen molar-refractivity contribution in [3.63, 3.8) is 0 Å². The number of hydrogen-bond donors (Lipinski definition) is 1. The molecule has 5 heteroatoms. The van der Waals surface area contributed by atoms with E-state index in [1.165, 1.54) is 6.34 Å². The van der Waals surface area contributed by atoms with Crippen molar-refractivity contribution in [2.45, 2.75) is 13.2 Å². The summed E-state index contributed by atoms with van der Waals surface area (Å²) in [5.74, 6) is 1.24. The topological polar surface area (TPSA) is 56.6 Å². The molecule has 1 heterocycles. The summed E-state index contributed by atoms with van der Waals surface area (Å²) in [6.07, 6.45) is 1.40. The number of ether oxygens (including phenoxy) is 2. The van der Waals surface area contributed by atoms with Crippen LogP contribution in [0, 0.1) is 5.21 Å².